The molecular formula is C52H30N4O2. The molecule has 0 amide bonds. The maximum atomic E-state index is 6.54. The van der Waals surface area contributed by atoms with Gasteiger partial charge in [0.1, 0.15) is 22.3 Å². The molecule has 0 atom stereocenters. The van der Waals surface area contributed by atoms with E-state index < -0.39 is 0 Å². The van der Waals surface area contributed by atoms with E-state index in [1.54, 1.807) is 0 Å². The van der Waals surface area contributed by atoms with Crippen LogP contribution in [0.2, 0.25) is 0 Å². The standard InChI is InChI=1S/C52H30N4O2/c1-3-12-31(13-4-1)49-40-25-27-45-48(47(40)39-19-7-9-20-42(39)53-49)41-29-34(23-26-44(41)57-45)33-16-11-17-35(28-33)51-54-50(32-14-5-2-6-15-32)55-52(56-51)36-22-24-38-37-18-8-10-21-43(37)58-46(38)30-36/h1-30H. The highest BCUT2D eigenvalue weighted by Crippen LogP contribution is 2.42. The van der Waals surface area contributed by atoms with Gasteiger partial charge in [-0.1, -0.05) is 127 Å². The number of nitrogens with zero attached hydrogens (tertiary/aromatic N) is 4. The number of hydrogen-bond donors (Lipinski definition) is 0. The normalized spacial score (nSPS) is 11.8. The fourth-order valence-corrected chi connectivity index (χ4v) is 8.36. The van der Waals surface area contributed by atoms with Gasteiger partial charge < -0.3 is 8.83 Å². The second-order valence-electron chi connectivity index (χ2n) is 14.6. The summed E-state index contributed by atoms with van der Waals surface area (Å²) in [6.45, 7) is 0. The zero-order chi connectivity index (χ0) is 38.2. The molecule has 0 aliphatic carbocycles. The summed E-state index contributed by atoms with van der Waals surface area (Å²) in [4.78, 5) is 20.3. The Morgan fingerprint density at radius 1 is 0.276 bits per heavy atom. The lowest BCUT2D eigenvalue weighted by Gasteiger charge is -2.11. The zero-order valence-electron chi connectivity index (χ0n) is 30.9. The van der Waals surface area contributed by atoms with Crippen LogP contribution in [-0.2, 0) is 0 Å². The predicted octanol–water partition coefficient (Wildman–Crippen LogP) is 13.7. The molecule has 0 unspecified atom stereocenters. The van der Waals surface area contributed by atoms with Crippen LogP contribution in [0.5, 0.6) is 0 Å². The van der Waals surface area contributed by atoms with Crippen LogP contribution in [0.25, 0.3) is 122 Å². The minimum absolute atomic E-state index is 0.575. The predicted molar refractivity (Wildman–Crippen MR) is 234 cm³/mol. The van der Waals surface area contributed by atoms with Crippen molar-refractivity contribution < 1.29 is 8.83 Å². The average Bonchev–Trinajstić information content (AvgIpc) is 3.87. The maximum absolute atomic E-state index is 6.54. The number of benzene rings is 8. The van der Waals surface area contributed by atoms with E-state index in [1.807, 2.05) is 66.7 Å². The van der Waals surface area contributed by atoms with Crippen LogP contribution >= 0.6 is 0 Å². The Kier molecular flexibility index (Phi) is 7.13. The number of hydrogen-bond acceptors (Lipinski definition) is 6. The molecule has 0 fully saturated rings. The first kappa shape index (κ1) is 32.3. The van der Waals surface area contributed by atoms with Crippen molar-refractivity contribution in [1.29, 1.82) is 0 Å². The van der Waals surface area contributed by atoms with Gasteiger partial charge in [0.05, 0.1) is 11.2 Å². The molecular weight excluding hydrogens is 713 g/mol. The van der Waals surface area contributed by atoms with Gasteiger partial charge in [-0.15, -0.1) is 0 Å². The highest BCUT2D eigenvalue weighted by Gasteiger charge is 2.19. The SMILES string of the molecule is c1ccc(-c2nc(-c3cccc(-c4ccc5oc6ccc7c(-c8ccccc8)nc8ccccc8c7c6c5c4)c3)nc(-c3ccc4c(c3)oc3ccccc34)n2)cc1. The lowest BCUT2D eigenvalue weighted by atomic mass is 9.95. The van der Waals surface area contributed by atoms with E-state index in [-0.39, 0.29) is 0 Å². The topological polar surface area (TPSA) is 77.8 Å². The molecule has 8 aromatic carbocycles. The summed E-state index contributed by atoms with van der Waals surface area (Å²) in [5.41, 5.74) is 11.1. The summed E-state index contributed by atoms with van der Waals surface area (Å²) in [5.74, 6) is 1.76. The van der Waals surface area contributed by atoms with Crippen LogP contribution in [0.1, 0.15) is 0 Å². The van der Waals surface area contributed by atoms with Gasteiger partial charge in [-0.3, -0.25) is 0 Å². The summed E-state index contributed by atoms with van der Waals surface area (Å²) < 4.78 is 12.8. The second-order valence-corrected chi connectivity index (χ2v) is 14.6. The second kappa shape index (κ2) is 12.8. The molecule has 6 heteroatoms. The number of rotatable bonds is 5. The van der Waals surface area contributed by atoms with Gasteiger partial charge >= 0.3 is 0 Å². The van der Waals surface area contributed by atoms with E-state index in [0.717, 1.165) is 105 Å². The van der Waals surface area contributed by atoms with Crippen LogP contribution in [0.15, 0.2) is 191 Å². The fourth-order valence-electron chi connectivity index (χ4n) is 8.36. The third kappa shape index (κ3) is 5.20. The van der Waals surface area contributed by atoms with Crippen molar-refractivity contribution in [3.63, 3.8) is 0 Å². The summed E-state index contributed by atoms with van der Waals surface area (Å²) in [6.07, 6.45) is 0. The quantitative estimate of drug-likeness (QED) is 0.163. The lowest BCUT2D eigenvalue weighted by Crippen LogP contribution is -2.00. The molecule has 270 valence electrons. The largest absolute Gasteiger partial charge is 0.456 e. The van der Waals surface area contributed by atoms with Crippen LogP contribution in [-0.4, -0.2) is 19.9 Å². The summed E-state index contributed by atoms with van der Waals surface area (Å²) >= 11 is 0. The molecule has 0 radical (unpaired) electrons. The molecule has 0 saturated heterocycles. The molecule has 0 N–H and O–H groups in total. The van der Waals surface area contributed by atoms with Crippen molar-refractivity contribution in [1.82, 2.24) is 19.9 Å². The Labute approximate surface area is 331 Å². The van der Waals surface area contributed by atoms with Crippen molar-refractivity contribution in [2.24, 2.45) is 0 Å². The number of fused-ring (bicyclic) bond motifs is 10. The van der Waals surface area contributed by atoms with Gasteiger partial charge in [0.15, 0.2) is 17.5 Å². The van der Waals surface area contributed by atoms with Crippen LogP contribution in [0.4, 0.5) is 0 Å². The molecule has 0 bridgehead atoms. The Morgan fingerprint density at radius 2 is 0.828 bits per heavy atom. The average molecular weight is 743 g/mol. The number of furan rings is 2. The smallest absolute Gasteiger partial charge is 0.164 e. The summed E-state index contributed by atoms with van der Waals surface area (Å²) in [5, 5.41) is 7.59. The third-order valence-corrected chi connectivity index (χ3v) is 11.1. The van der Waals surface area contributed by atoms with E-state index in [4.69, 9.17) is 28.8 Å². The fraction of sp³-hybridized carbons (Fsp3) is 0. The molecule has 6 nitrogen and oxygen atoms in total. The first-order valence-electron chi connectivity index (χ1n) is 19.3. The Balaban J connectivity index is 1.02. The molecule has 4 aromatic heterocycles. The number of aromatic nitrogens is 4. The summed E-state index contributed by atoms with van der Waals surface area (Å²) in [6, 6.07) is 62.2. The molecule has 58 heavy (non-hydrogen) atoms. The zero-order valence-corrected chi connectivity index (χ0v) is 30.9. The van der Waals surface area contributed by atoms with Gasteiger partial charge in [0, 0.05) is 60.0 Å². The van der Waals surface area contributed by atoms with Gasteiger partial charge in [-0.05, 0) is 65.7 Å². The van der Waals surface area contributed by atoms with Crippen molar-refractivity contribution >= 4 is 65.6 Å². The molecule has 0 aliphatic heterocycles. The first-order valence-corrected chi connectivity index (χ1v) is 19.3. The van der Waals surface area contributed by atoms with E-state index in [9.17, 15) is 0 Å². The lowest BCUT2D eigenvalue weighted by molar-refractivity contribution is 0.668. The maximum Gasteiger partial charge on any atom is 0.164 e. The van der Waals surface area contributed by atoms with Gasteiger partial charge in [-0.25, -0.2) is 19.9 Å². The van der Waals surface area contributed by atoms with Crippen LogP contribution < -0.4 is 0 Å². The van der Waals surface area contributed by atoms with Crippen LogP contribution in [0.3, 0.4) is 0 Å². The third-order valence-electron chi connectivity index (χ3n) is 11.1. The molecule has 0 aliphatic rings. The van der Waals surface area contributed by atoms with E-state index in [1.165, 1.54) is 0 Å². The molecule has 0 spiro atoms. The monoisotopic (exact) mass is 742 g/mol. The van der Waals surface area contributed by atoms with Crippen molar-refractivity contribution in [2.45, 2.75) is 0 Å². The Bertz CT molecular complexity index is 3570. The van der Waals surface area contributed by atoms with E-state index in [2.05, 4.69) is 115 Å². The Morgan fingerprint density at radius 3 is 1.66 bits per heavy atom. The first-order chi connectivity index (χ1) is 28.7. The highest BCUT2D eigenvalue weighted by atomic mass is 16.3. The van der Waals surface area contributed by atoms with Crippen molar-refractivity contribution in [3.05, 3.63) is 182 Å². The minimum atomic E-state index is 0.575. The van der Waals surface area contributed by atoms with E-state index in [0.29, 0.717) is 17.5 Å². The molecule has 12 rings (SSSR count). The van der Waals surface area contributed by atoms with Gasteiger partial charge in [-0.2, -0.15) is 0 Å². The molecule has 4 heterocycles. The van der Waals surface area contributed by atoms with Crippen molar-refractivity contribution in [3.8, 4) is 56.5 Å². The number of para-hydroxylation sites is 2. The van der Waals surface area contributed by atoms with Gasteiger partial charge in [0.2, 0.25) is 0 Å². The molecule has 12 aromatic rings. The van der Waals surface area contributed by atoms with Crippen molar-refractivity contribution in [2.75, 3.05) is 0 Å². The Hall–Kier alpha value is -7.96. The highest BCUT2D eigenvalue weighted by molar-refractivity contribution is 6.28. The summed E-state index contributed by atoms with van der Waals surface area (Å²) in [7, 11) is 0. The van der Waals surface area contributed by atoms with E-state index >= 15 is 0 Å². The van der Waals surface area contributed by atoms with Crippen LogP contribution in [0, 0.1) is 0 Å². The molecule has 0 saturated carbocycles. The minimum Gasteiger partial charge on any atom is -0.456 e. The number of pyridine rings is 1. The van der Waals surface area contributed by atoms with Gasteiger partial charge in [0.25, 0.3) is 0 Å².